The van der Waals surface area contributed by atoms with E-state index in [1.54, 1.807) is 13.2 Å². The zero-order valence-electron chi connectivity index (χ0n) is 24.4. The Hall–Kier alpha value is -4.28. The summed E-state index contributed by atoms with van der Waals surface area (Å²) in [7, 11) is 5.42. The second-order valence-corrected chi connectivity index (χ2v) is 11.0. The molecule has 2 amide bonds. The van der Waals surface area contributed by atoms with Gasteiger partial charge >= 0.3 is 0 Å². The second-order valence-electron chi connectivity index (χ2n) is 11.0. The Labute approximate surface area is 246 Å². The number of methoxy groups -OCH3 is 1. The lowest BCUT2D eigenvalue weighted by molar-refractivity contribution is -0.384. The molecule has 3 N–H and O–H groups in total. The molecule has 0 bridgehead atoms. The molecule has 4 rings (SSSR count). The van der Waals surface area contributed by atoms with Crippen molar-refractivity contribution in [1.29, 1.82) is 0 Å². The number of piperidine rings is 1. The molecule has 1 saturated heterocycles. The summed E-state index contributed by atoms with van der Waals surface area (Å²) in [6.45, 7) is 1.78. The Morgan fingerprint density at radius 1 is 1.12 bits per heavy atom. The van der Waals surface area contributed by atoms with Crippen LogP contribution in [0.1, 0.15) is 40.7 Å². The first-order valence-corrected chi connectivity index (χ1v) is 14.1. The number of likely N-dealkylation sites (tertiary alicyclic amines) is 1. The summed E-state index contributed by atoms with van der Waals surface area (Å²) in [5.74, 6) is -0.206. The number of hydrogen-bond acceptors (Lipinski definition) is 7. The minimum absolute atomic E-state index is 0.188. The van der Waals surface area contributed by atoms with E-state index >= 15 is 0 Å². The third-order valence-corrected chi connectivity index (χ3v) is 7.56. The zero-order chi connectivity index (χ0) is 30.2. The number of carbonyl (C=O) groups is 2. The number of benzene rings is 3. The molecule has 222 valence electrons. The SMILES string of the molecule is COc1c(CN2CCCC[C@H]2C(N)=O)cccc1-c1cc(C(=O)N[C@@H](Cc2ccccc2)CN(C)C)cc([N+](=O)[O-])c1. The van der Waals surface area contributed by atoms with E-state index in [9.17, 15) is 19.7 Å². The normalized spacial score (nSPS) is 16.1. The van der Waals surface area contributed by atoms with Gasteiger partial charge in [-0.05, 0) is 57.1 Å². The van der Waals surface area contributed by atoms with Crippen molar-refractivity contribution in [3.8, 4) is 16.9 Å². The molecule has 10 nitrogen and oxygen atoms in total. The average Bonchev–Trinajstić information content (AvgIpc) is 2.97. The Morgan fingerprint density at radius 3 is 2.55 bits per heavy atom. The van der Waals surface area contributed by atoms with E-state index in [4.69, 9.17) is 10.5 Å². The molecule has 0 aliphatic carbocycles. The molecule has 0 aromatic heterocycles. The van der Waals surface area contributed by atoms with Gasteiger partial charge in [0.15, 0.2) is 0 Å². The first kappa shape index (κ1) is 30.7. The van der Waals surface area contributed by atoms with Crippen molar-refractivity contribution in [2.75, 3.05) is 34.3 Å². The Bertz CT molecular complexity index is 1410. The largest absolute Gasteiger partial charge is 0.496 e. The van der Waals surface area contributed by atoms with Crippen LogP contribution in [0, 0.1) is 10.1 Å². The van der Waals surface area contributed by atoms with Crippen molar-refractivity contribution in [2.45, 2.75) is 44.3 Å². The average molecular weight is 574 g/mol. The fourth-order valence-corrected chi connectivity index (χ4v) is 5.67. The quantitative estimate of drug-likeness (QED) is 0.247. The molecule has 2 atom stereocenters. The zero-order valence-corrected chi connectivity index (χ0v) is 24.4. The van der Waals surface area contributed by atoms with E-state index in [-0.39, 0.29) is 29.2 Å². The van der Waals surface area contributed by atoms with Crippen LogP contribution in [0.25, 0.3) is 11.1 Å². The molecule has 1 fully saturated rings. The van der Waals surface area contributed by atoms with Crippen LogP contribution in [0.4, 0.5) is 5.69 Å². The third kappa shape index (κ3) is 7.71. The van der Waals surface area contributed by atoms with E-state index in [0.717, 1.165) is 30.5 Å². The van der Waals surface area contributed by atoms with Crippen LogP contribution in [0.15, 0.2) is 66.7 Å². The number of rotatable bonds is 12. The van der Waals surface area contributed by atoms with Crippen molar-refractivity contribution in [3.63, 3.8) is 0 Å². The summed E-state index contributed by atoms with van der Waals surface area (Å²) < 4.78 is 5.82. The number of carbonyl (C=O) groups excluding carboxylic acids is 2. The van der Waals surface area contributed by atoms with Crippen LogP contribution >= 0.6 is 0 Å². The number of nitro groups is 1. The highest BCUT2D eigenvalue weighted by Gasteiger charge is 2.28. The molecule has 42 heavy (non-hydrogen) atoms. The van der Waals surface area contributed by atoms with E-state index in [1.807, 2.05) is 67.5 Å². The summed E-state index contributed by atoms with van der Waals surface area (Å²) in [6.07, 6.45) is 3.24. The number of ether oxygens (including phenoxy) is 1. The van der Waals surface area contributed by atoms with Gasteiger partial charge in [-0.2, -0.15) is 0 Å². The lowest BCUT2D eigenvalue weighted by Crippen LogP contribution is -2.47. The fourth-order valence-electron chi connectivity index (χ4n) is 5.67. The molecule has 3 aromatic rings. The predicted molar refractivity (Wildman–Crippen MR) is 162 cm³/mol. The summed E-state index contributed by atoms with van der Waals surface area (Å²) in [5.41, 5.74) is 8.70. The first-order chi connectivity index (χ1) is 20.2. The number of nitrogens with zero attached hydrogens (tertiary/aromatic N) is 3. The van der Waals surface area contributed by atoms with Gasteiger partial charge in [0.2, 0.25) is 5.91 Å². The van der Waals surface area contributed by atoms with Crippen molar-refractivity contribution >= 4 is 17.5 Å². The van der Waals surface area contributed by atoms with Crippen molar-refractivity contribution in [3.05, 3.63) is 93.5 Å². The van der Waals surface area contributed by atoms with Gasteiger partial charge in [0.1, 0.15) is 5.75 Å². The molecule has 1 aliphatic rings. The molecule has 0 saturated carbocycles. The highest BCUT2D eigenvalue weighted by atomic mass is 16.6. The number of nitrogens with two attached hydrogens (primary N) is 1. The number of hydrogen-bond donors (Lipinski definition) is 2. The van der Waals surface area contributed by atoms with Crippen molar-refractivity contribution in [1.82, 2.24) is 15.1 Å². The Morgan fingerprint density at radius 2 is 1.88 bits per heavy atom. The fraction of sp³-hybridized carbons (Fsp3) is 0.375. The maximum atomic E-state index is 13.5. The number of para-hydroxylation sites is 1. The molecule has 3 aromatic carbocycles. The Balaban J connectivity index is 1.67. The lowest BCUT2D eigenvalue weighted by atomic mass is 9.96. The molecule has 1 aliphatic heterocycles. The van der Waals surface area contributed by atoms with Crippen molar-refractivity contribution in [2.24, 2.45) is 5.73 Å². The van der Waals surface area contributed by atoms with E-state index in [0.29, 0.717) is 42.8 Å². The van der Waals surface area contributed by atoms with Crippen LogP contribution in [0.5, 0.6) is 5.75 Å². The number of nitrogens with one attached hydrogen (secondary N) is 1. The number of primary amides is 1. The smallest absolute Gasteiger partial charge is 0.270 e. The van der Waals surface area contributed by atoms with E-state index in [2.05, 4.69) is 10.2 Å². The van der Waals surface area contributed by atoms with Gasteiger partial charge in [-0.1, -0.05) is 55.0 Å². The highest BCUT2D eigenvalue weighted by Crippen LogP contribution is 2.37. The first-order valence-electron chi connectivity index (χ1n) is 14.1. The van der Waals surface area contributed by atoms with Gasteiger partial charge in [0.05, 0.1) is 18.1 Å². The molecule has 10 heteroatoms. The standard InChI is InChI=1S/C32H39N5O5/c1-35(2)21-26(16-22-10-5-4-6-11-22)34-32(39)25-17-24(18-27(19-25)37(40)41)28-13-9-12-23(30(28)42-3)20-36-15-8-7-14-29(36)31(33)38/h4-6,9-13,17-19,26,29H,7-8,14-16,20-21H2,1-3H3,(H2,33,38)(H,34,39)/t26-,29-/m0/s1. The maximum Gasteiger partial charge on any atom is 0.270 e. The van der Waals surface area contributed by atoms with E-state index in [1.165, 1.54) is 12.1 Å². The molecular weight excluding hydrogens is 534 g/mol. The Kier molecular flexibility index (Phi) is 10.3. The molecule has 0 unspecified atom stereocenters. The summed E-state index contributed by atoms with van der Waals surface area (Å²) in [5, 5.41) is 15.0. The number of nitro benzene ring substituents is 1. The summed E-state index contributed by atoms with van der Waals surface area (Å²) in [4.78, 5) is 41.1. The van der Waals surface area contributed by atoms with Crippen LogP contribution in [0.3, 0.4) is 0 Å². The van der Waals surface area contributed by atoms with Crippen LogP contribution in [-0.4, -0.2) is 72.9 Å². The second kappa shape index (κ2) is 14.1. The van der Waals surface area contributed by atoms with Crippen LogP contribution in [0.2, 0.25) is 0 Å². The number of amides is 2. The highest BCUT2D eigenvalue weighted by molar-refractivity contribution is 5.97. The minimum atomic E-state index is -0.497. The van der Waals surface area contributed by atoms with Gasteiger partial charge in [0, 0.05) is 48.0 Å². The van der Waals surface area contributed by atoms with Gasteiger partial charge in [-0.15, -0.1) is 0 Å². The number of likely N-dealkylation sites (N-methyl/N-ethyl adjacent to an activating group) is 1. The molecular formula is C32H39N5O5. The monoisotopic (exact) mass is 573 g/mol. The lowest BCUT2D eigenvalue weighted by Gasteiger charge is -2.34. The van der Waals surface area contributed by atoms with Crippen LogP contribution < -0.4 is 15.8 Å². The van der Waals surface area contributed by atoms with Gasteiger partial charge in [0.25, 0.3) is 11.6 Å². The molecule has 0 spiro atoms. The van der Waals surface area contributed by atoms with Gasteiger partial charge in [-0.25, -0.2) is 0 Å². The topological polar surface area (TPSA) is 131 Å². The van der Waals surface area contributed by atoms with E-state index < -0.39 is 10.8 Å². The summed E-state index contributed by atoms with van der Waals surface area (Å²) >= 11 is 0. The van der Waals surface area contributed by atoms with Crippen LogP contribution in [-0.2, 0) is 17.8 Å². The van der Waals surface area contributed by atoms with Gasteiger partial charge < -0.3 is 20.7 Å². The number of non-ortho nitro benzene ring substituents is 1. The summed E-state index contributed by atoms with van der Waals surface area (Å²) in [6, 6.07) is 19.3. The van der Waals surface area contributed by atoms with Crippen molar-refractivity contribution < 1.29 is 19.2 Å². The minimum Gasteiger partial charge on any atom is -0.496 e. The predicted octanol–water partition coefficient (Wildman–Crippen LogP) is 4.01. The molecule has 1 heterocycles. The van der Waals surface area contributed by atoms with Gasteiger partial charge in [-0.3, -0.25) is 24.6 Å². The maximum absolute atomic E-state index is 13.5. The third-order valence-electron chi connectivity index (χ3n) is 7.56. The molecule has 0 radical (unpaired) electrons.